The van der Waals surface area contributed by atoms with E-state index in [1.807, 2.05) is 6.92 Å². The van der Waals surface area contributed by atoms with E-state index in [-0.39, 0.29) is 5.56 Å². The highest BCUT2D eigenvalue weighted by molar-refractivity contribution is 6.08. The number of alkyl halides is 3. The SMILES string of the molecule is CCN/C=C(\C=N)c1ccc(C(=N)CC(O)(O)C(F)(F)F)c(F)c1. The van der Waals surface area contributed by atoms with Gasteiger partial charge in [0.05, 0.1) is 6.42 Å². The molecule has 0 atom stereocenters. The van der Waals surface area contributed by atoms with Crippen LogP contribution >= 0.6 is 0 Å². The number of rotatable bonds is 7. The van der Waals surface area contributed by atoms with Gasteiger partial charge in [-0.3, -0.25) is 0 Å². The summed E-state index contributed by atoms with van der Waals surface area (Å²) in [5, 5.41) is 35.6. The Balaban J connectivity index is 3.08. The molecule has 9 heteroatoms. The molecule has 1 aromatic carbocycles. The Labute approximate surface area is 135 Å². The molecule has 132 valence electrons. The van der Waals surface area contributed by atoms with Crippen LogP contribution in [0, 0.1) is 16.6 Å². The van der Waals surface area contributed by atoms with E-state index in [1.54, 1.807) is 0 Å². The highest BCUT2D eigenvalue weighted by Gasteiger charge is 2.53. The third-order valence-corrected chi connectivity index (χ3v) is 3.12. The second-order valence-electron chi connectivity index (χ2n) is 4.97. The number of benzene rings is 1. The summed E-state index contributed by atoms with van der Waals surface area (Å²) in [4.78, 5) is 0. The molecule has 0 spiro atoms. The van der Waals surface area contributed by atoms with Gasteiger partial charge in [-0.05, 0) is 24.6 Å². The van der Waals surface area contributed by atoms with Gasteiger partial charge < -0.3 is 26.3 Å². The van der Waals surface area contributed by atoms with E-state index in [1.165, 1.54) is 12.3 Å². The third kappa shape index (κ3) is 4.62. The van der Waals surface area contributed by atoms with Crippen molar-refractivity contribution in [1.29, 1.82) is 10.8 Å². The summed E-state index contributed by atoms with van der Waals surface area (Å²) in [5.74, 6) is -5.11. The molecule has 5 nitrogen and oxygen atoms in total. The summed E-state index contributed by atoms with van der Waals surface area (Å²) in [6, 6.07) is 3.34. The van der Waals surface area contributed by atoms with Crippen LogP contribution in [0.4, 0.5) is 17.6 Å². The molecule has 0 fully saturated rings. The van der Waals surface area contributed by atoms with E-state index in [2.05, 4.69) is 5.32 Å². The molecule has 0 aromatic heterocycles. The Hall–Kier alpha value is -2.26. The van der Waals surface area contributed by atoms with Gasteiger partial charge >= 0.3 is 6.18 Å². The molecule has 0 saturated carbocycles. The smallest absolute Gasteiger partial charge is 0.391 e. The van der Waals surface area contributed by atoms with Crippen LogP contribution in [0.1, 0.15) is 24.5 Å². The van der Waals surface area contributed by atoms with E-state index in [0.29, 0.717) is 12.1 Å². The first kappa shape index (κ1) is 19.8. The van der Waals surface area contributed by atoms with Crippen LogP contribution in [-0.4, -0.2) is 40.6 Å². The van der Waals surface area contributed by atoms with Crippen molar-refractivity contribution in [1.82, 2.24) is 5.32 Å². The van der Waals surface area contributed by atoms with Gasteiger partial charge in [-0.15, -0.1) is 0 Å². The largest absolute Gasteiger partial charge is 0.443 e. The van der Waals surface area contributed by atoms with Crippen LogP contribution in [0.2, 0.25) is 0 Å². The zero-order chi connectivity index (χ0) is 18.5. The van der Waals surface area contributed by atoms with Crippen molar-refractivity contribution >= 4 is 17.5 Å². The van der Waals surface area contributed by atoms with Crippen LogP contribution < -0.4 is 5.32 Å². The lowest BCUT2D eigenvalue weighted by Crippen LogP contribution is -2.46. The first-order valence-electron chi connectivity index (χ1n) is 6.86. The van der Waals surface area contributed by atoms with Crippen molar-refractivity contribution in [3.8, 4) is 0 Å². The lowest BCUT2D eigenvalue weighted by atomic mass is 9.98. The molecule has 0 unspecified atom stereocenters. The Morgan fingerprint density at radius 1 is 1.29 bits per heavy atom. The number of aliphatic hydroxyl groups is 2. The molecule has 1 aromatic rings. The Kier molecular flexibility index (Phi) is 6.22. The molecule has 24 heavy (non-hydrogen) atoms. The predicted molar refractivity (Wildman–Crippen MR) is 81.5 cm³/mol. The lowest BCUT2D eigenvalue weighted by molar-refractivity contribution is -0.344. The monoisotopic (exact) mass is 347 g/mol. The van der Waals surface area contributed by atoms with Gasteiger partial charge in [0, 0.05) is 35.8 Å². The molecule has 5 N–H and O–H groups in total. The van der Waals surface area contributed by atoms with Crippen LogP contribution in [0.25, 0.3) is 5.57 Å². The van der Waals surface area contributed by atoms with Gasteiger partial charge in [-0.25, -0.2) is 4.39 Å². The standard InChI is InChI=1S/C15H17F4N3O2/c1-2-22-8-10(7-20)9-3-4-11(12(16)5-9)13(21)6-14(23,24)15(17,18)19/h3-5,7-8,20-24H,2,6H2,1H3/b10-8+,20-7?,21-13?. The number of allylic oxidation sites excluding steroid dienone is 1. The Morgan fingerprint density at radius 2 is 1.92 bits per heavy atom. The minimum absolute atomic E-state index is 0.287. The molecule has 0 aliphatic heterocycles. The highest BCUT2D eigenvalue weighted by Crippen LogP contribution is 2.32. The summed E-state index contributed by atoms with van der Waals surface area (Å²) in [6.07, 6.45) is -4.42. The van der Waals surface area contributed by atoms with E-state index in [4.69, 9.17) is 21.0 Å². The summed E-state index contributed by atoms with van der Waals surface area (Å²) in [5.41, 5.74) is -0.769. The molecule has 0 bridgehead atoms. The Bertz CT molecular complexity index is 655. The molecular weight excluding hydrogens is 330 g/mol. The van der Waals surface area contributed by atoms with Gasteiger partial charge in [-0.1, -0.05) is 6.07 Å². The molecule has 0 amide bonds. The summed E-state index contributed by atoms with van der Waals surface area (Å²) >= 11 is 0. The predicted octanol–water partition coefficient (Wildman–Crippen LogP) is 2.43. The number of nitrogens with one attached hydrogen (secondary N) is 3. The fourth-order valence-electron chi connectivity index (χ4n) is 1.80. The average molecular weight is 347 g/mol. The maximum atomic E-state index is 14.1. The minimum Gasteiger partial charge on any atom is -0.391 e. The van der Waals surface area contributed by atoms with E-state index < -0.39 is 35.5 Å². The summed E-state index contributed by atoms with van der Waals surface area (Å²) in [6.45, 7) is 2.40. The van der Waals surface area contributed by atoms with Crippen molar-refractivity contribution in [2.24, 2.45) is 0 Å². The van der Waals surface area contributed by atoms with Gasteiger partial charge in [0.2, 0.25) is 0 Å². The van der Waals surface area contributed by atoms with Gasteiger partial charge in [0.25, 0.3) is 5.79 Å². The van der Waals surface area contributed by atoms with Crippen LogP contribution in [0.3, 0.4) is 0 Å². The number of hydrogen-bond acceptors (Lipinski definition) is 5. The van der Waals surface area contributed by atoms with Crippen LogP contribution in [0.5, 0.6) is 0 Å². The molecule has 0 heterocycles. The molecule has 0 radical (unpaired) electrons. The van der Waals surface area contributed by atoms with Crippen molar-refractivity contribution < 1.29 is 27.8 Å². The molecular formula is C15H17F4N3O2. The van der Waals surface area contributed by atoms with Crippen LogP contribution in [-0.2, 0) is 0 Å². The van der Waals surface area contributed by atoms with Crippen molar-refractivity contribution in [2.75, 3.05) is 6.54 Å². The van der Waals surface area contributed by atoms with E-state index in [9.17, 15) is 17.6 Å². The summed E-state index contributed by atoms with van der Waals surface area (Å²) in [7, 11) is 0. The maximum absolute atomic E-state index is 14.1. The fraction of sp³-hybridized carbons (Fsp3) is 0.333. The quantitative estimate of drug-likeness (QED) is 0.297. The van der Waals surface area contributed by atoms with Crippen molar-refractivity contribution in [3.63, 3.8) is 0 Å². The van der Waals surface area contributed by atoms with E-state index in [0.717, 1.165) is 18.3 Å². The average Bonchev–Trinajstić information content (AvgIpc) is 2.46. The molecule has 0 aliphatic rings. The van der Waals surface area contributed by atoms with Gasteiger partial charge in [-0.2, -0.15) is 13.2 Å². The van der Waals surface area contributed by atoms with Crippen molar-refractivity contribution in [3.05, 3.63) is 41.3 Å². The minimum atomic E-state index is -5.36. The van der Waals surface area contributed by atoms with E-state index >= 15 is 0 Å². The maximum Gasteiger partial charge on any atom is 0.443 e. The van der Waals surface area contributed by atoms with Gasteiger partial charge in [0.1, 0.15) is 5.82 Å². The topological polar surface area (TPSA) is 100 Å². The zero-order valence-electron chi connectivity index (χ0n) is 12.7. The number of hydrogen-bond donors (Lipinski definition) is 5. The fourth-order valence-corrected chi connectivity index (χ4v) is 1.80. The lowest BCUT2D eigenvalue weighted by Gasteiger charge is -2.24. The second kappa shape index (κ2) is 7.54. The zero-order valence-corrected chi connectivity index (χ0v) is 12.7. The molecule has 0 aliphatic carbocycles. The normalized spacial score (nSPS) is 12.9. The summed E-state index contributed by atoms with van der Waals surface area (Å²) < 4.78 is 51.3. The highest BCUT2D eigenvalue weighted by atomic mass is 19.4. The van der Waals surface area contributed by atoms with Crippen molar-refractivity contribution in [2.45, 2.75) is 25.3 Å². The first-order chi connectivity index (χ1) is 11.0. The molecule has 1 rings (SSSR count). The third-order valence-electron chi connectivity index (χ3n) is 3.12. The number of halogens is 4. The second-order valence-corrected chi connectivity index (χ2v) is 4.97. The first-order valence-corrected chi connectivity index (χ1v) is 6.86. The molecule has 0 saturated heterocycles. The Morgan fingerprint density at radius 3 is 2.38 bits per heavy atom. The van der Waals surface area contributed by atoms with Crippen LogP contribution in [0.15, 0.2) is 24.4 Å². The van der Waals surface area contributed by atoms with Gasteiger partial charge in [0.15, 0.2) is 0 Å².